The fourth-order valence-corrected chi connectivity index (χ4v) is 2.91. The van der Waals surface area contributed by atoms with Crippen LogP contribution in [-0.2, 0) is 16.3 Å². The molecule has 2 aromatic carbocycles. The Morgan fingerprint density at radius 3 is 2.24 bits per heavy atom. The predicted molar refractivity (Wildman–Crippen MR) is 122 cm³/mol. The first-order valence-electron chi connectivity index (χ1n) is 9.91. The Labute approximate surface area is 205 Å². The van der Waals surface area contributed by atoms with E-state index in [0.29, 0.717) is 22.6 Å². The molecule has 0 aliphatic heterocycles. The third kappa shape index (κ3) is 7.01. The van der Waals surface area contributed by atoms with Crippen molar-refractivity contribution in [3.63, 3.8) is 0 Å². The largest absolute Gasteiger partial charge is 0.522 e. The molecule has 37 heavy (non-hydrogen) atoms. The van der Waals surface area contributed by atoms with Gasteiger partial charge in [0.05, 0.1) is 16.8 Å². The molecular formula is C23H15F6N3O4S. The van der Waals surface area contributed by atoms with Gasteiger partial charge in [-0.2, -0.15) is 34.8 Å². The van der Waals surface area contributed by atoms with E-state index >= 15 is 0 Å². The van der Waals surface area contributed by atoms with E-state index in [-0.39, 0.29) is 5.88 Å². The summed E-state index contributed by atoms with van der Waals surface area (Å²) in [4.78, 5) is 12.5. The Kier molecular flexibility index (Phi) is 7.83. The minimum absolute atomic E-state index is 0.264. The van der Waals surface area contributed by atoms with E-state index < -0.39 is 27.4 Å². The first-order valence-corrected chi connectivity index (χ1v) is 11.4. The van der Waals surface area contributed by atoms with E-state index in [2.05, 4.69) is 21.5 Å². The van der Waals surface area contributed by atoms with Crippen molar-refractivity contribution in [3.05, 3.63) is 84.8 Å². The predicted octanol–water partition coefficient (Wildman–Crippen LogP) is 6.54. The first kappa shape index (κ1) is 27.5. The molecule has 0 atom stereocenters. The van der Waals surface area contributed by atoms with Gasteiger partial charge in [0.2, 0.25) is 5.88 Å². The van der Waals surface area contributed by atoms with Crippen LogP contribution in [0, 0.1) is 0 Å². The van der Waals surface area contributed by atoms with Gasteiger partial charge in [0.15, 0.2) is 0 Å². The molecule has 0 radical (unpaired) electrons. The van der Waals surface area contributed by atoms with Crippen LogP contribution in [0.1, 0.15) is 11.1 Å². The summed E-state index contributed by atoms with van der Waals surface area (Å²) in [7, 11) is -5.84. The Hall–Kier alpha value is -4.04. The Balaban J connectivity index is 0.000000414. The van der Waals surface area contributed by atoms with Crippen molar-refractivity contribution in [1.82, 2.24) is 15.0 Å². The van der Waals surface area contributed by atoms with Crippen LogP contribution in [-0.4, -0.2) is 33.4 Å². The molecular weight excluding hydrogens is 528 g/mol. The molecule has 7 nitrogen and oxygen atoms in total. The highest BCUT2D eigenvalue weighted by atomic mass is 32.2. The van der Waals surface area contributed by atoms with Crippen LogP contribution >= 0.6 is 0 Å². The number of hydrogen-bond donors (Lipinski definition) is 1. The number of benzene rings is 2. The number of aromatic nitrogens is 3. The lowest BCUT2D eigenvalue weighted by molar-refractivity contribution is -0.137. The van der Waals surface area contributed by atoms with Crippen molar-refractivity contribution in [2.45, 2.75) is 11.7 Å². The van der Waals surface area contributed by atoms with Crippen molar-refractivity contribution in [1.29, 1.82) is 0 Å². The average molecular weight is 543 g/mol. The van der Waals surface area contributed by atoms with Crippen molar-refractivity contribution in [2.75, 3.05) is 0 Å². The van der Waals surface area contributed by atoms with Gasteiger partial charge in [-0.1, -0.05) is 24.8 Å². The SMILES string of the molecule is C=Cc1cc(C(F)(F)F)ccc1-c1cc(Oc2ccc3cccnc3c2)ncn1.O=S(=O)(O)C(F)(F)F. The van der Waals surface area contributed by atoms with Gasteiger partial charge in [-0.3, -0.25) is 9.54 Å². The van der Waals surface area contributed by atoms with Crippen molar-refractivity contribution >= 4 is 27.1 Å². The van der Waals surface area contributed by atoms with E-state index in [9.17, 15) is 26.3 Å². The Morgan fingerprint density at radius 2 is 1.62 bits per heavy atom. The maximum atomic E-state index is 13.0. The molecule has 0 spiro atoms. The second kappa shape index (κ2) is 10.5. The number of halogens is 6. The summed E-state index contributed by atoms with van der Waals surface area (Å²) in [6.45, 7) is 3.61. The number of rotatable bonds is 4. The molecule has 0 unspecified atom stereocenters. The lowest BCUT2D eigenvalue weighted by Crippen LogP contribution is -2.21. The molecule has 0 bridgehead atoms. The molecule has 0 fully saturated rings. The molecule has 194 valence electrons. The molecule has 14 heteroatoms. The molecule has 0 aliphatic rings. The molecule has 0 amide bonds. The normalized spacial score (nSPS) is 12.0. The standard InChI is InChI=1S/C22H14F3N3O.CHF3O3S/c1-2-14-10-16(22(23,24)25)6-8-18(14)20-12-21(28-13-27-20)29-17-7-5-15-4-3-9-26-19(15)11-17;2-1(3,4)8(5,6)7/h2-13H,1H2;(H,5,6,7). The topological polar surface area (TPSA) is 102 Å². The molecule has 0 saturated carbocycles. The molecule has 0 aliphatic carbocycles. The Morgan fingerprint density at radius 1 is 0.919 bits per heavy atom. The summed E-state index contributed by atoms with van der Waals surface area (Å²) in [5.41, 5.74) is -4.26. The van der Waals surface area contributed by atoms with Gasteiger partial charge in [0.1, 0.15) is 12.1 Å². The van der Waals surface area contributed by atoms with Crippen molar-refractivity contribution in [3.8, 4) is 22.9 Å². The van der Waals surface area contributed by atoms with Gasteiger partial charge in [-0.05, 0) is 35.9 Å². The van der Waals surface area contributed by atoms with Gasteiger partial charge in [-0.15, -0.1) is 0 Å². The van der Waals surface area contributed by atoms with Gasteiger partial charge in [-0.25, -0.2) is 9.97 Å². The summed E-state index contributed by atoms with van der Waals surface area (Å²) in [5.74, 6) is 0.803. The number of pyridine rings is 1. The maximum Gasteiger partial charge on any atom is 0.522 e. The highest BCUT2D eigenvalue weighted by Gasteiger charge is 2.44. The lowest BCUT2D eigenvalue weighted by Gasteiger charge is -2.12. The summed E-state index contributed by atoms with van der Waals surface area (Å²) < 4.78 is 102. The monoisotopic (exact) mass is 543 g/mol. The number of fused-ring (bicyclic) bond motifs is 1. The number of hydrogen-bond acceptors (Lipinski definition) is 6. The lowest BCUT2D eigenvalue weighted by atomic mass is 10.0. The minimum atomic E-state index is -5.84. The van der Waals surface area contributed by atoms with Gasteiger partial charge in [0, 0.05) is 29.3 Å². The molecule has 4 aromatic rings. The number of alkyl halides is 6. The zero-order chi connectivity index (χ0) is 27.4. The van der Waals surface area contributed by atoms with Crippen molar-refractivity contribution < 1.29 is 44.0 Å². The third-order valence-corrected chi connectivity index (χ3v) is 5.19. The number of nitrogens with zero attached hydrogens (tertiary/aromatic N) is 3. The molecule has 2 aromatic heterocycles. The molecule has 0 saturated heterocycles. The van der Waals surface area contributed by atoms with Crippen LogP contribution in [0.5, 0.6) is 11.6 Å². The molecule has 4 rings (SSSR count). The molecule has 1 N–H and O–H groups in total. The van der Waals surface area contributed by atoms with Crippen LogP contribution < -0.4 is 4.74 Å². The molecule has 2 heterocycles. The van der Waals surface area contributed by atoms with Crippen LogP contribution in [0.3, 0.4) is 0 Å². The second-order valence-corrected chi connectivity index (χ2v) is 8.54. The summed E-state index contributed by atoms with van der Waals surface area (Å²) in [6.07, 6.45) is -0.0760. The first-order chi connectivity index (χ1) is 17.2. The second-order valence-electron chi connectivity index (χ2n) is 7.13. The highest BCUT2D eigenvalue weighted by molar-refractivity contribution is 7.86. The average Bonchev–Trinajstić information content (AvgIpc) is 2.82. The highest BCUT2D eigenvalue weighted by Crippen LogP contribution is 2.34. The maximum absolute atomic E-state index is 13.0. The Bertz CT molecular complexity index is 1540. The zero-order valence-electron chi connectivity index (χ0n) is 18.3. The minimum Gasteiger partial charge on any atom is -0.439 e. The fourth-order valence-electron chi connectivity index (χ4n) is 2.91. The van der Waals surface area contributed by atoms with E-state index in [1.54, 1.807) is 24.4 Å². The fraction of sp³-hybridized carbons (Fsp3) is 0.0870. The smallest absolute Gasteiger partial charge is 0.439 e. The van der Waals surface area contributed by atoms with Gasteiger partial charge < -0.3 is 4.74 Å². The van der Waals surface area contributed by atoms with Crippen LogP contribution in [0.4, 0.5) is 26.3 Å². The van der Waals surface area contributed by atoms with Crippen LogP contribution in [0.25, 0.3) is 28.2 Å². The van der Waals surface area contributed by atoms with Crippen LogP contribution in [0.2, 0.25) is 0 Å². The summed E-state index contributed by atoms with van der Waals surface area (Å²) >= 11 is 0. The summed E-state index contributed by atoms with van der Waals surface area (Å²) in [6, 6.07) is 14.2. The third-order valence-electron chi connectivity index (χ3n) is 4.61. The van der Waals surface area contributed by atoms with E-state index in [4.69, 9.17) is 17.7 Å². The van der Waals surface area contributed by atoms with E-state index in [1.807, 2.05) is 18.2 Å². The van der Waals surface area contributed by atoms with Gasteiger partial charge in [0.25, 0.3) is 0 Å². The van der Waals surface area contributed by atoms with Crippen LogP contribution in [0.15, 0.2) is 73.7 Å². The zero-order valence-corrected chi connectivity index (χ0v) is 19.1. The summed E-state index contributed by atoms with van der Waals surface area (Å²) in [5, 5.41) is 0.976. The van der Waals surface area contributed by atoms with Gasteiger partial charge >= 0.3 is 21.8 Å². The quantitative estimate of drug-likeness (QED) is 0.177. The van der Waals surface area contributed by atoms with Crippen molar-refractivity contribution in [2.24, 2.45) is 0 Å². The van der Waals surface area contributed by atoms with E-state index in [0.717, 1.165) is 23.0 Å². The number of ether oxygens (including phenoxy) is 1. The van der Waals surface area contributed by atoms with E-state index in [1.165, 1.54) is 18.5 Å².